The largest absolute Gasteiger partial charge is 0.489 e. The molecule has 0 atom stereocenters. The lowest BCUT2D eigenvalue weighted by Crippen LogP contribution is -2.16. The van der Waals surface area contributed by atoms with Crippen LogP contribution in [-0.4, -0.2) is 32.5 Å². The van der Waals surface area contributed by atoms with Gasteiger partial charge in [-0.2, -0.15) is 0 Å². The normalized spacial score (nSPS) is 10.4. The number of nitrogens with one attached hydrogen (secondary N) is 1. The molecule has 0 radical (unpaired) electrons. The summed E-state index contributed by atoms with van der Waals surface area (Å²) in [5.41, 5.74) is 3.64. The summed E-state index contributed by atoms with van der Waals surface area (Å²) in [5, 5.41) is 15.7. The zero-order valence-corrected chi connectivity index (χ0v) is 17.1. The van der Waals surface area contributed by atoms with Crippen molar-refractivity contribution in [2.45, 2.75) is 25.2 Å². The first-order valence-electron chi connectivity index (χ1n) is 8.54. The fraction of sp³-hybridized carbons (Fsp3) is 0.316. The van der Waals surface area contributed by atoms with Crippen LogP contribution in [0.3, 0.4) is 0 Å². The van der Waals surface area contributed by atoms with Crippen molar-refractivity contribution in [3.8, 4) is 5.75 Å². The highest BCUT2D eigenvalue weighted by Crippen LogP contribution is 2.16. The Hall–Kier alpha value is -2.09. The third-order valence-corrected chi connectivity index (χ3v) is 4.86. The van der Waals surface area contributed by atoms with Gasteiger partial charge in [-0.25, -0.2) is 4.68 Å². The van der Waals surface area contributed by atoms with Crippen LogP contribution in [0.1, 0.15) is 16.7 Å². The zero-order chi connectivity index (χ0) is 18.2. The van der Waals surface area contributed by atoms with Crippen LogP contribution >= 0.6 is 24.2 Å². The lowest BCUT2D eigenvalue weighted by atomic mass is 10.2. The second kappa shape index (κ2) is 10.9. The number of hydrogen-bond donors (Lipinski definition) is 1. The number of nitrogens with zero attached hydrogens (tertiary/aromatic N) is 4. The third kappa shape index (κ3) is 6.86. The van der Waals surface area contributed by atoms with Crippen molar-refractivity contribution in [1.82, 2.24) is 25.5 Å². The first-order valence-corrected chi connectivity index (χ1v) is 9.52. The lowest BCUT2D eigenvalue weighted by molar-refractivity contribution is 0.306. The molecule has 1 N–H and O–H groups in total. The summed E-state index contributed by atoms with van der Waals surface area (Å²) < 4.78 is 7.59. The monoisotopic (exact) mass is 405 g/mol. The Balaban J connectivity index is 0.00000261. The molecule has 0 saturated carbocycles. The molecular formula is C19H24ClN5OS. The first kappa shape index (κ1) is 21.2. The van der Waals surface area contributed by atoms with E-state index in [9.17, 15) is 0 Å². The molecular weight excluding hydrogens is 382 g/mol. The van der Waals surface area contributed by atoms with Crippen LogP contribution in [0.5, 0.6) is 5.75 Å². The van der Waals surface area contributed by atoms with Gasteiger partial charge in [0.05, 0.1) is 0 Å². The van der Waals surface area contributed by atoms with Crippen LogP contribution in [0, 0.1) is 6.92 Å². The molecule has 8 heteroatoms. The Labute approximate surface area is 170 Å². The van der Waals surface area contributed by atoms with Crippen molar-refractivity contribution in [3.63, 3.8) is 0 Å². The Bertz CT molecular complexity index is 825. The molecule has 0 bridgehead atoms. The molecule has 3 aromatic rings. The summed E-state index contributed by atoms with van der Waals surface area (Å²) in [6, 6.07) is 16.6. The Morgan fingerprint density at radius 3 is 2.67 bits per heavy atom. The molecule has 27 heavy (non-hydrogen) atoms. The maximum absolute atomic E-state index is 5.91. The number of aryl methyl sites for hydroxylation is 2. The van der Waals surface area contributed by atoms with Gasteiger partial charge in [-0.15, -0.1) is 17.5 Å². The van der Waals surface area contributed by atoms with Crippen molar-refractivity contribution >= 4 is 24.2 Å². The fourth-order valence-electron chi connectivity index (χ4n) is 2.39. The molecule has 6 nitrogen and oxygen atoms in total. The molecule has 0 amide bonds. The van der Waals surface area contributed by atoms with Crippen LogP contribution < -0.4 is 10.1 Å². The second-order valence-electron chi connectivity index (χ2n) is 6.03. The molecule has 0 aliphatic heterocycles. The molecule has 0 aliphatic rings. The smallest absolute Gasteiger partial charge is 0.209 e. The minimum absolute atomic E-state index is 0. The van der Waals surface area contributed by atoms with Crippen molar-refractivity contribution in [3.05, 3.63) is 65.2 Å². The predicted molar refractivity (Wildman–Crippen MR) is 110 cm³/mol. The molecule has 0 spiro atoms. The van der Waals surface area contributed by atoms with Gasteiger partial charge >= 0.3 is 0 Å². The van der Waals surface area contributed by atoms with Gasteiger partial charge in [-0.3, -0.25) is 0 Å². The van der Waals surface area contributed by atoms with Gasteiger partial charge in [0, 0.05) is 25.9 Å². The third-order valence-electron chi connectivity index (χ3n) is 3.84. The van der Waals surface area contributed by atoms with E-state index in [1.165, 1.54) is 16.7 Å². The molecule has 0 aliphatic carbocycles. The molecule has 0 fully saturated rings. The SMILES string of the molecule is Cc1ccc(COc2cccc(CNCCSc3nnnn3C)c2)cc1.Cl. The van der Waals surface area contributed by atoms with Crippen molar-refractivity contribution in [2.24, 2.45) is 7.05 Å². The summed E-state index contributed by atoms with van der Waals surface area (Å²) in [5.74, 6) is 1.81. The fourth-order valence-corrected chi connectivity index (χ4v) is 3.13. The molecule has 0 unspecified atom stereocenters. The van der Waals surface area contributed by atoms with Gasteiger partial charge < -0.3 is 10.1 Å². The second-order valence-corrected chi connectivity index (χ2v) is 7.09. The van der Waals surface area contributed by atoms with E-state index in [0.29, 0.717) is 6.61 Å². The van der Waals surface area contributed by atoms with Gasteiger partial charge in [0.15, 0.2) is 0 Å². The number of ether oxygens (including phenoxy) is 1. The molecule has 2 aromatic carbocycles. The highest BCUT2D eigenvalue weighted by atomic mass is 35.5. The molecule has 1 heterocycles. The van der Waals surface area contributed by atoms with Crippen molar-refractivity contribution in [1.29, 1.82) is 0 Å². The number of thioether (sulfide) groups is 1. The van der Waals surface area contributed by atoms with E-state index >= 15 is 0 Å². The Morgan fingerprint density at radius 1 is 1.11 bits per heavy atom. The topological polar surface area (TPSA) is 64.9 Å². The highest BCUT2D eigenvalue weighted by molar-refractivity contribution is 7.99. The maximum atomic E-state index is 5.91. The van der Waals surface area contributed by atoms with E-state index in [1.807, 2.05) is 19.2 Å². The van der Waals surface area contributed by atoms with E-state index in [2.05, 4.69) is 64.2 Å². The summed E-state index contributed by atoms with van der Waals surface area (Å²) in [7, 11) is 1.85. The summed E-state index contributed by atoms with van der Waals surface area (Å²) in [4.78, 5) is 0. The van der Waals surface area contributed by atoms with Gasteiger partial charge in [0.1, 0.15) is 12.4 Å². The molecule has 1 aromatic heterocycles. The van der Waals surface area contributed by atoms with Crippen LogP contribution in [-0.2, 0) is 20.2 Å². The quantitative estimate of drug-likeness (QED) is 0.434. The average molecular weight is 406 g/mol. The van der Waals surface area contributed by atoms with Gasteiger partial charge in [-0.1, -0.05) is 53.7 Å². The highest BCUT2D eigenvalue weighted by Gasteiger charge is 2.02. The molecule has 144 valence electrons. The lowest BCUT2D eigenvalue weighted by Gasteiger charge is -2.09. The molecule has 3 rings (SSSR count). The summed E-state index contributed by atoms with van der Waals surface area (Å²) in [6.45, 7) is 4.36. The van der Waals surface area contributed by atoms with Gasteiger partial charge in [-0.05, 0) is 40.6 Å². The summed E-state index contributed by atoms with van der Waals surface area (Å²) >= 11 is 1.64. The van der Waals surface area contributed by atoms with E-state index in [-0.39, 0.29) is 12.4 Å². The number of aromatic nitrogens is 4. The van der Waals surface area contributed by atoms with Crippen molar-refractivity contribution < 1.29 is 4.74 Å². The maximum Gasteiger partial charge on any atom is 0.209 e. The minimum atomic E-state index is 0. The van der Waals surface area contributed by atoms with E-state index < -0.39 is 0 Å². The van der Waals surface area contributed by atoms with Crippen molar-refractivity contribution in [2.75, 3.05) is 12.3 Å². The van der Waals surface area contributed by atoms with Crippen LogP contribution in [0.25, 0.3) is 0 Å². The van der Waals surface area contributed by atoms with Gasteiger partial charge in [0.2, 0.25) is 5.16 Å². The number of tetrazole rings is 1. The Morgan fingerprint density at radius 2 is 1.93 bits per heavy atom. The van der Waals surface area contributed by atoms with Crippen LogP contribution in [0.2, 0.25) is 0 Å². The predicted octanol–water partition coefficient (Wildman–Crippen LogP) is 3.40. The van der Waals surface area contributed by atoms with Crippen LogP contribution in [0.4, 0.5) is 0 Å². The van der Waals surface area contributed by atoms with Gasteiger partial charge in [0.25, 0.3) is 0 Å². The number of rotatable bonds is 9. The first-order chi connectivity index (χ1) is 12.7. The van der Waals surface area contributed by atoms with E-state index in [0.717, 1.165) is 29.7 Å². The standard InChI is InChI=1S/C19H23N5OS.ClH/c1-15-6-8-16(9-7-15)14-25-18-5-3-4-17(12-18)13-20-10-11-26-19-21-22-23-24(19)2;/h3-9,12,20H,10-11,13-14H2,1-2H3;1H. The summed E-state index contributed by atoms with van der Waals surface area (Å²) in [6.07, 6.45) is 0. The number of hydrogen-bond acceptors (Lipinski definition) is 6. The average Bonchev–Trinajstić information content (AvgIpc) is 3.06. The molecule has 0 saturated heterocycles. The van der Waals surface area contributed by atoms with E-state index in [4.69, 9.17) is 4.74 Å². The number of halogens is 1. The Kier molecular flexibility index (Phi) is 8.57. The minimum Gasteiger partial charge on any atom is -0.489 e. The zero-order valence-electron chi connectivity index (χ0n) is 15.5. The number of benzene rings is 2. The van der Waals surface area contributed by atoms with E-state index in [1.54, 1.807) is 16.4 Å². The van der Waals surface area contributed by atoms with Crippen LogP contribution in [0.15, 0.2) is 53.7 Å².